The molecule has 0 aliphatic carbocycles. The molecule has 140 valence electrons. The van der Waals surface area contributed by atoms with Gasteiger partial charge in [-0.05, 0) is 31.2 Å². The lowest BCUT2D eigenvalue weighted by Gasteiger charge is -2.19. The molecule has 3 rings (SSSR count). The highest BCUT2D eigenvalue weighted by atomic mass is 32.2. The lowest BCUT2D eigenvalue weighted by molar-refractivity contribution is 0.101. The quantitative estimate of drug-likeness (QED) is 0.434. The monoisotopic (exact) mass is 386 g/mol. The zero-order valence-corrected chi connectivity index (χ0v) is 15.5. The molecular formula is C19H18N2O5S. The lowest BCUT2D eigenvalue weighted by Crippen LogP contribution is -2.31. The van der Waals surface area contributed by atoms with E-state index in [0.29, 0.717) is 22.8 Å². The third kappa shape index (κ3) is 4.07. The first-order valence-electron chi connectivity index (χ1n) is 8.13. The number of Topliss-reactive ketones (excluding diaryl/α,β-unsaturated/α-hetero) is 1. The summed E-state index contributed by atoms with van der Waals surface area (Å²) in [4.78, 5) is 11.5. The Kier molecular flexibility index (Phi) is 5.38. The normalized spacial score (nSPS) is 11.6. The predicted molar refractivity (Wildman–Crippen MR) is 98.4 cm³/mol. The highest BCUT2D eigenvalue weighted by Gasteiger charge is 2.25. The van der Waals surface area contributed by atoms with Crippen molar-refractivity contribution in [3.05, 3.63) is 72.6 Å². The van der Waals surface area contributed by atoms with Crippen LogP contribution >= 0.6 is 0 Å². The SMILES string of the molecule is C=CCN(Cc1cc(-c2ccco2)on1)S(=O)(=O)c1ccc(C(C)=O)cc1. The van der Waals surface area contributed by atoms with Gasteiger partial charge in [0.15, 0.2) is 11.5 Å². The Balaban J connectivity index is 1.85. The van der Waals surface area contributed by atoms with E-state index in [1.165, 1.54) is 47.8 Å². The maximum Gasteiger partial charge on any atom is 0.243 e. The van der Waals surface area contributed by atoms with Crippen molar-refractivity contribution in [2.75, 3.05) is 6.54 Å². The number of carbonyl (C=O) groups excluding carboxylic acids is 1. The van der Waals surface area contributed by atoms with Crippen LogP contribution in [-0.2, 0) is 16.6 Å². The fraction of sp³-hybridized carbons (Fsp3) is 0.158. The molecule has 0 saturated carbocycles. The molecule has 3 aromatic rings. The first kappa shape index (κ1) is 18.8. The Morgan fingerprint density at radius 3 is 2.56 bits per heavy atom. The fourth-order valence-electron chi connectivity index (χ4n) is 2.50. The average Bonchev–Trinajstić information content (AvgIpc) is 3.33. The molecule has 0 aliphatic rings. The first-order valence-corrected chi connectivity index (χ1v) is 9.57. The molecule has 27 heavy (non-hydrogen) atoms. The highest BCUT2D eigenvalue weighted by Crippen LogP contribution is 2.23. The van der Waals surface area contributed by atoms with Crippen molar-refractivity contribution in [1.29, 1.82) is 0 Å². The minimum absolute atomic E-state index is 0.00697. The number of sulfonamides is 1. The summed E-state index contributed by atoms with van der Waals surface area (Å²) in [5.41, 5.74) is 0.885. The zero-order chi connectivity index (χ0) is 19.4. The standard InChI is InChI=1S/C19H18N2O5S/c1-3-10-21(13-16-12-19(26-20-16)18-5-4-11-25-18)27(23,24)17-8-6-15(7-9-17)14(2)22/h3-9,11-12H,1,10,13H2,2H3. The molecule has 7 nitrogen and oxygen atoms in total. The Bertz CT molecular complexity index is 1030. The van der Waals surface area contributed by atoms with Crippen LogP contribution in [0.1, 0.15) is 23.0 Å². The minimum atomic E-state index is -3.80. The number of carbonyl (C=O) groups is 1. The van der Waals surface area contributed by atoms with Crippen molar-refractivity contribution < 1.29 is 22.2 Å². The number of hydrogen-bond donors (Lipinski definition) is 0. The van der Waals surface area contributed by atoms with Crippen LogP contribution in [0.5, 0.6) is 0 Å². The van der Waals surface area contributed by atoms with Crippen molar-refractivity contribution in [2.45, 2.75) is 18.4 Å². The maximum absolute atomic E-state index is 13.0. The van der Waals surface area contributed by atoms with Crippen LogP contribution in [0, 0.1) is 0 Å². The highest BCUT2D eigenvalue weighted by molar-refractivity contribution is 7.89. The summed E-state index contributed by atoms with van der Waals surface area (Å²) in [6.45, 7) is 5.15. The number of rotatable bonds is 8. The van der Waals surface area contributed by atoms with Crippen LogP contribution in [0.3, 0.4) is 0 Å². The van der Waals surface area contributed by atoms with Crippen LogP contribution in [0.25, 0.3) is 11.5 Å². The van der Waals surface area contributed by atoms with Crippen LogP contribution in [0.15, 0.2) is 75.2 Å². The summed E-state index contributed by atoms with van der Waals surface area (Å²) in [6, 6.07) is 10.9. The van der Waals surface area contributed by atoms with Crippen molar-refractivity contribution >= 4 is 15.8 Å². The molecule has 1 aromatic carbocycles. The van der Waals surface area contributed by atoms with E-state index in [1.54, 1.807) is 18.2 Å². The second-order valence-electron chi connectivity index (χ2n) is 5.83. The molecule has 8 heteroatoms. The molecule has 0 fully saturated rings. The van der Waals surface area contributed by atoms with Crippen LogP contribution in [0.4, 0.5) is 0 Å². The summed E-state index contributed by atoms with van der Waals surface area (Å²) in [7, 11) is -3.80. The van der Waals surface area contributed by atoms with Gasteiger partial charge < -0.3 is 8.94 Å². The van der Waals surface area contributed by atoms with Gasteiger partial charge in [-0.1, -0.05) is 23.4 Å². The molecule has 0 bridgehead atoms. The molecule has 0 N–H and O–H groups in total. The molecular weight excluding hydrogens is 368 g/mol. The van der Waals surface area contributed by atoms with Crippen LogP contribution in [0.2, 0.25) is 0 Å². The zero-order valence-electron chi connectivity index (χ0n) is 14.7. The van der Waals surface area contributed by atoms with E-state index in [9.17, 15) is 13.2 Å². The summed E-state index contributed by atoms with van der Waals surface area (Å²) in [5.74, 6) is 0.790. The van der Waals surface area contributed by atoms with Gasteiger partial charge in [0.25, 0.3) is 0 Å². The number of ketones is 1. The van der Waals surface area contributed by atoms with Crippen molar-refractivity contribution in [3.8, 4) is 11.5 Å². The summed E-state index contributed by atoms with van der Waals surface area (Å²) in [6.07, 6.45) is 3.01. The molecule has 2 heterocycles. The van der Waals surface area contributed by atoms with E-state index in [2.05, 4.69) is 11.7 Å². The molecule has 0 atom stereocenters. The summed E-state index contributed by atoms with van der Waals surface area (Å²) in [5, 5.41) is 3.92. The third-order valence-corrected chi connectivity index (χ3v) is 5.72. The minimum Gasteiger partial charge on any atom is -0.461 e. The number of aromatic nitrogens is 1. The summed E-state index contributed by atoms with van der Waals surface area (Å²) < 4.78 is 37.6. The average molecular weight is 386 g/mol. The van der Waals surface area contributed by atoms with E-state index in [0.717, 1.165) is 0 Å². The number of hydrogen-bond acceptors (Lipinski definition) is 6. The van der Waals surface area contributed by atoms with Crippen molar-refractivity contribution in [1.82, 2.24) is 9.46 Å². The molecule has 2 aromatic heterocycles. The maximum atomic E-state index is 13.0. The van der Waals surface area contributed by atoms with E-state index in [4.69, 9.17) is 8.94 Å². The number of benzene rings is 1. The Hall–Kier alpha value is -2.97. The molecule has 0 radical (unpaired) electrons. The molecule has 0 aliphatic heterocycles. The van der Waals surface area contributed by atoms with Crippen molar-refractivity contribution in [2.24, 2.45) is 0 Å². The van der Waals surface area contributed by atoms with Crippen LogP contribution < -0.4 is 0 Å². The van der Waals surface area contributed by atoms with Gasteiger partial charge in [0.2, 0.25) is 15.8 Å². The Morgan fingerprint density at radius 1 is 1.22 bits per heavy atom. The smallest absolute Gasteiger partial charge is 0.243 e. The van der Waals surface area contributed by atoms with E-state index in [1.807, 2.05) is 0 Å². The molecule has 0 spiro atoms. The van der Waals surface area contributed by atoms with Gasteiger partial charge in [0.05, 0.1) is 23.4 Å². The fourth-order valence-corrected chi connectivity index (χ4v) is 3.89. The van der Waals surface area contributed by atoms with Gasteiger partial charge in [0, 0.05) is 18.2 Å². The first-order chi connectivity index (χ1) is 12.9. The second kappa shape index (κ2) is 7.73. The van der Waals surface area contributed by atoms with Crippen LogP contribution in [-0.4, -0.2) is 30.2 Å². The lowest BCUT2D eigenvalue weighted by atomic mass is 10.2. The van der Waals surface area contributed by atoms with E-state index < -0.39 is 10.0 Å². The molecule has 0 amide bonds. The number of nitrogens with zero attached hydrogens (tertiary/aromatic N) is 2. The van der Waals surface area contributed by atoms with Gasteiger partial charge in [0.1, 0.15) is 0 Å². The van der Waals surface area contributed by atoms with Gasteiger partial charge in [-0.2, -0.15) is 4.31 Å². The van der Waals surface area contributed by atoms with E-state index >= 15 is 0 Å². The van der Waals surface area contributed by atoms with Gasteiger partial charge in [-0.3, -0.25) is 4.79 Å². The second-order valence-corrected chi connectivity index (χ2v) is 7.76. The Labute approximate surface area is 156 Å². The predicted octanol–water partition coefficient (Wildman–Crippen LogP) is 3.51. The Morgan fingerprint density at radius 2 is 1.96 bits per heavy atom. The molecule has 0 saturated heterocycles. The van der Waals surface area contributed by atoms with Gasteiger partial charge in [-0.15, -0.1) is 6.58 Å². The molecule has 0 unspecified atom stereocenters. The summed E-state index contributed by atoms with van der Waals surface area (Å²) >= 11 is 0. The van der Waals surface area contributed by atoms with Gasteiger partial charge in [-0.25, -0.2) is 8.42 Å². The number of furan rings is 1. The van der Waals surface area contributed by atoms with Crippen molar-refractivity contribution in [3.63, 3.8) is 0 Å². The largest absolute Gasteiger partial charge is 0.461 e. The van der Waals surface area contributed by atoms with Gasteiger partial charge >= 0.3 is 0 Å². The topological polar surface area (TPSA) is 93.6 Å². The van der Waals surface area contributed by atoms with E-state index in [-0.39, 0.29) is 23.8 Å². The third-order valence-electron chi connectivity index (χ3n) is 3.89.